The summed E-state index contributed by atoms with van der Waals surface area (Å²) in [7, 11) is 1.48. The summed E-state index contributed by atoms with van der Waals surface area (Å²) in [6, 6.07) is 0.832. The van der Waals surface area contributed by atoms with Crippen LogP contribution in [0.4, 0.5) is 0 Å². The molecule has 0 saturated heterocycles. The van der Waals surface area contributed by atoms with Gasteiger partial charge in [0.05, 0.1) is 7.11 Å². The van der Waals surface area contributed by atoms with E-state index in [4.69, 9.17) is 4.74 Å². The Morgan fingerprint density at radius 3 is 2.57 bits per heavy atom. The van der Waals surface area contributed by atoms with Crippen LogP contribution in [-0.4, -0.2) is 49.2 Å². The second-order valence-corrected chi connectivity index (χ2v) is 7.02. The molecule has 1 atom stereocenters. The number of hydrogen-bond donors (Lipinski definition) is 1. The van der Waals surface area contributed by atoms with E-state index < -0.39 is 5.54 Å². The molecule has 0 heterocycles. The van der Waals surface area contributed by atoms with Crippen LogP contribution in [-0.2, 0) is 9.53 Å². The van der Waals surface area contributed by atoms with Gasteiger partial charge in [0, 0.05) is 12.6 Å². The maximum atomic E-state index is 12.1. The predicted octanol–water partition coefficient (Wildman–Crippen LogP) is 2.57. The van der Waals surface area contributed by atoms with Crippen molar-refractivity contribution in [2.75, 3.05) is 26.7 Å². The summed E-state index contributed by atoms with van der Waals surface area (Å²) in [4.78, 5) is 14.7. The van der Waals surface area contributed by atoms with E-state index in [2.05, 4.69) is 17.1 Å². The molecule has 0 aromatic carbocycles. The molecular formula is C17H32N2O2. The van der Waals surface area contributed by atoms with Crippen LogP contribution in [0.3, 0.4) is 0 Å². The molecule has 0 spiro atoms. The first-order valence-electron chi connectivity index (χ1n) is 8.66. The number of esters is 1. The number of nitrogens with one attached hydrogen (secondary N) is 1. The van der Waals surface area contributed by atoms with Crippen molar-refractivity contribution >= 4 is 5.97 Å². The lowest BCUT2D eigenvalue weighted by molar-refractivity contribution is -0.148. The van der Waals surface area contributed by atoms with Crippen molar-refractivity contribution < 1.29 is 9.53 Å². The van der Waals surface area contributed by atoms with Gasteiger partial charge in [-0.15, -0.1) is 0 Å². The van der Waals surface area contributed by atoms with Crippen molar-refractivity contribution in [3.63, 3.8) is 0 Å². The quantitative estimate of drug-likeness (QED) is 0.595. The molecule has 4 nitrogen and oxygen atoms in total. The third kappa shape index (κ3) is 5.26. The summed E-state index contributed by atoms with van der Waals surface area (Å²) < 4.78 is 4.99. The van der Waals surface area contributed by atoms with Crippen LogP contribution in [0.2, 0.25) is 0 Å². The third-order valence-corrected chi connectivity index (χ3v) is 4.78. The number of carbonyl (C=O) groups is 1. The van der Waals surface area contributed by atoms with Gasteiger partial charge in [-0.25, -0.2) is 0 Å². The highest BCUT2D eigenvalue weighted by Gasteiger charge is 2.36. The molecule has 0 aliphatic heterocycles. The van der Waals surface area contributed by atoms with Crippen LogP contribution in [0.1, 0.15) is 58.8 Å². The summed E-state index contributed by atoms with van der Waals surface area (Å²) >= 11 is 0. The second kappa shape index (κ2) is 7.59. The molecule has 0 aromatic heterocycles. The lowest BCUT2D eigenvalue weighted by Gasteiger charge is -2.29. The molecule has 1 N–H and O–H groups in total. The maximum absolute atomic E-state index is 12.1. The van der Waals surface area contributed by atoms with Gasteiger partial charge in [-0.3, -0.25) is 4.79 Å². The zero-order chi connectivity index (χ0) is 15.3. The largest absolute Gasteiger partial charge is 0.468 e. The fourth-order valence-corrected chi connectivity index (χ4v) is 3.02. The van der Waals surface area contributed by atoms with Crippen molar-refractivity contribution in [1.29, 1.82) is 0 Å². The van der Waals surface area contributed by atoms with Crippen LogP contribution < -0.4 is 5.32 Å². The van der Waals surface area contributed by atoms with E-state index >= 15 is 0 Å². The molecule has 1 unspecified atom stereocenters. The highest BCUT2D eigenvalue weighted by atomic mass is 16.5. The molecule has 2 aliphatic carbocycles. The van der Waals surface area contributed by atoms with Crippen molar-refractivity contribution in [2.45, 2.75) is 70.4 Å². The smallest absolute Gasteiger partial charge is 0.325 e. The van der Waals surface area contributed by atoms with E-state index in [1.807, 2.05) is 6.92 Å². The van der Waals surface area contributed by atoms with E-state index in [1.54, 1.807) is 0 Å². The Hall–Kier alpha value is -0.610. The number of nitrogens with zero attached hydrogens (tertiary/aromatic N) is 1. The van der Waals surface area contributed by atoms with Gasteiger partial charge in [0.2, 0.25) is 0 Å². The van der Waals surface area contributed by atoms with Crippen molar-refractivity contribution in [1.82, 2.24) is 10.2 Å². The average Bonchev–Trinajstić information content (AvgIpc) is 3.35. The average molecular weight is 296 g/mol. The summed E-state index contributed by atoms with van der Waals surface area (Å²) in [5, 5.41) is 3.38. The van der Waals surface area contributed by atoms with Crippen LogP contribution in [0.5, 0.6) is 0 Å². The van der Waals surface area contributed by atoms with Gasteiger partial charge in [-0.1, -0.05) is 6.92 Å². The first-order chi connectivity index (χ1) is 10.1. The van der Waals surface area contributed by atoms with Crippen LogP contribution >= 0.6 is 0 Å². The highest BCUT2D eigenvalue weighted by Crippen LogP contribution is 2.35. The summed E-state index contributed by atoms with van der Waals surface area (Å²) in [6.07, 6.45) is 8.52. The van der Waals surface area contributed by atoms with Crippen molar-refractivity contribution in [2.24, 2.45) is 5.92 Å². The fourth-order valence-electron chi connectivity index (χ4n) is 3.02. The minimum Gasteiger partial charge on any atom is -0.468 e. The van der Waals surface area contributed by atoms with Crippen LogP contribution in [0.15, 0.2) is 0 Å². The summed E-state index contributed by atoms with van der Waals surface area (Å²) in [6.45, 7) is 7.37. The number of carbonyl (C=O) groups excluding carboxylic acids is 1. The van der Waals surface area contributed by atoms with Gasteiger partial charge in [-0.2, -0.15) is 0 Å². The molecule has 2 rings (SSSR count). The Kier molecular flexibility index (Phi) is 6.06. The molecule has 0 bridgehead atoms. The molecule has 0 radical (unpaired) electrons. The maximum Gasteiger partial charge on any atom is 0.325 e. The van der Waals surface area contributed by atoms with E-state index in [9.17, 15) is 4.79 Å². The Balaban J connectivity index is 1.77. The summed E-state index contributed by atoms with van der Waals surface area (Å²) in [5.41, 5.74) is -0.528. The molecule has 2 fully saturated rings. The van der Waals surface area contributed by atoms with Crippen LogP contribution in [0.25, 0.3) is 0 Å². The summed E-state index contributed by atoms with van der Waals surface area (Å²) in [5.74, 6) is 0.826. The van der Waals surface area contributed by atoms with Gasteiger partial charge < -0.3 is 15.0 Å². The Bertz CT molecular complexity index is 340. The minimum atomic E-state index is -0.528. The monoisotopic (exact) mass is 296 g/mol. The molecule has 21 heavy (non-hydrogen) atoms. The molecule has 122 valence electrons. The lowest BCUT2D eigenvalue weighted by atomic mass is 9.95. The lowest BCUT2D eigenvalue weighted by Crippen LogP contribution is -2.50. The minimum absolute atomic E-state index is 0.129. The SMILES string of the molecule is CCCNC(C)(CCCN(CC1CC1)C1CC1)C(=O)OC. The standard InChI is InChI=1S/C17H32N2O2/c1-4-11-18-17(2,16(20)21-3)10-5-12-19(15-8-9-15)13-14-6-7-14/h14-15,18H,4-13H2,1-3H3. The molecule has 2 saturated carbocycles. The molecule has 0 aromatic rings. The van der Waals surface area contributed by atoms with Gasteiger partial charge in [0.1, 0.15) is 5.54 Å². The van der Waals surface area contributed by atoms with E-state index in [0.717, 1.165) is 44.3 Å². The number of rotatable bonds is 11. The van der Waals surface area contributed by atoms with E-state index in [-0.39, 0.29) is 5.97 Å². The van der Waals surface area contributed by atoms with Crippen LogP contribution in [0, 0.1) is 5.92 Å². The predicted molar refractivity (Wildman–Crippen MR) is 85.3 cm³/mol. The highest BCUT2D eigenvalue weighted by molar-refractivity contribution is 5.80. The first kappa shape index (κ1) is 16.8. The van der Waals surface area contributed by atoms with E-state index in [0.29, 0.717) is 0 Å². The first-order valence-corrected chi connectivity index (χ1v) is 8.66. The van der Waals surface area contributed by atoms with Gasteiger partial charge in [-0.05, 0) is 70.9 Å². The zero-order valence-corrected chi connectivity index (χ0v) is 14.0. The van der Waals surface area contributed by atoms with Gasteiger partial charge in [0.15, 0.2) is 0 Å². The molecule has 4 heteroatoms. The Labute approximate surface area is 129 Å². The third-order valence-electron chi connectivity index (χ3n) is 4.78. The molecule has 2 aliphatic rings. The van der Waals surface area contributed by atoms with Crippen molar-refractivity contribution in [3.05, 3.63) is 0 Å². The number of methoxy groups -OCH3 is 1. The zero-order valence-electron chi connectivity index (χ0n) is 14.0. The Morgan fingerprint density at radius 1 is 1.33 bits per heavy atom. The van der Waals surface area contributed by atoms with Gasteiger partial charge in [0.25, 0.3) is 0 Å². The van der Waals surface area contributed by atoms with E-state index in [1.165, 1.54) is 39.3 Å². The van der Waals surface area contributed by atoms with Gasteiger partial charge >= 0.3 is 5.97 Å². The fraction of sp³-hybridized carbons (Fsp3) is 0.941. The molecule has 0 amide bonds. The number of hydrogen-bond acceptors (Lipinski definition) is 4. The second-order valence-electron chi connectivity index (χ2n) is 7.02. The number of ether oxygens (including phenoxy) is 1. The topological polar surface area (TPSA) is 41.6 Å². The normalized spacial score (nSPS) is 21.3. The van der Waals surface area contributed by atoms with Crippen molar-refractivity contribution in [3.8, 4) is 0 Å². The Morgan fingerprint density at radius 2 is 2.05 bits per heavy atom. The molecular weight excluding hydrogens is 264 g/mol.